The van der Waals surface area contributed by atoms with Crippen molar-refractivity contribution in [2.24, 2.45) is 0 Å². The Labute approximate surface area is 126 Å². The van der Waals surface area contributed by atoms with Crippen LogP contribution in [0.25, 0.3) is 0 Å². The summed E-state index contributed by atoms with van der Waals surface area (Å²) in [5.74, 6) is 0. The van der Waals surface area contributed by atoms with Crippen molar-refractivity contribution in [3.8, 4) is 0 Å². The third-order valence-corrected chi connectivity index (χ3v) is 3.50. The van der Waals surface area contributed by atoms with Crippen molar-refractivity contribution in [2.45, 2.75) is 6.42 Å². The van der Waals surface area contributed by atoms with Gasteiger partial charge >= 0.3 is 0 Å². The Hall–Kier alpha value is -0.190. The Morgan fingerprint density at radius 2 is 1.88 bits per heavy atom. The van der Waals surface area contributed by atoms with E-state index in [0.29, 0.717) is 15.2 Å². The summed E-state index contributed by atoms with van der Waals surface area (Å²) < 4.78 is 0. The van der Waals surface area contributed by atoms with Gasteiger partial charge in [-0.2, -0.15) is 0 Å². The van der Waals surface area contributed by atoms with Crippen LogP contribution in [0.3, 0.4) is 0 Å². The molecule has 1 aromatic heterocycles. The van der Waals surface area contributed by atoms with Crippen molar-refractivity contribution in [3.63, 3.8) is 0 Å². The van der Waals surface area contributed by atoms with Crippen molar-refractivity contribution >= 4 is 64.5 Å². The van der Waals surface area contributed by atoms with E-state index in [1.807, 2.05) is 12.1 Å². The first-order chi connectivity index (χ1) is 7.15. The lowest BCUT2D eigenvalue weighted by molar-refractivity contribution is 1.22. The highest BCUT2D eigenvalue weighted by Gasteiger charge is 2.03. The second-order valence-corrected chi connectivity index (χ2v) is 5.05. The molecule has 0 radical (unpaired) electrons. The van der Waals surface area contributed by atoms with E-state index in [0.717, 1.165) is 16.9 Å². The van der Waals surface area contributed by atoms with Gasteiger partial charge in [-0.1, -0.05) is 29.3 Å². The van der Waals surface area contributed by atoms with Gasteiger partial charge in [0.1, 0.15) is 0 Å². The van der Waals surface area contributed by atoms with Crippen LogP contribution in [-0.2, 0) is 6.42 Å². The van der Waals surface area contributed by atoms with Gasteiger partial charge in [0.2, 0.25) is 0 Å². The number of thiazole rings is 1. The number of rotatable bonds is 2. The summed E-state index contributed by atoms with van der Waals surface area (Å²) in [6.07, 6.45) is 2.56. The minimum atomic E-state index is 0. The molecule has 2 rings (SSSR count). The summed E-state index contributed by atoms with van der Waals surface area (Å²) in [6.45, 7) is 0. The molecular weight excluding hydrogens is 322 g/mol. The maximum absolute atomic E-state index is 5.92. The van der Waals surface area contributed by atoms with Crippen LogP contribution in [0.1, 0.15) is 10.4 Å². The van der Waals surface area contributed by atoms with Crippen molar-refractivity contribution in [1.29, 1.82) is 0 Å². The Morgan fingerprint density at radius 3 is 2.41 bits per heavy atom. The largest absolute Gasteiger partial charge is 0.375 e. The summed E-state index contributed by atoms with van der Waals surface area (Å²) in [5, 5.41) is 1.74. The number of halogens is 4. The van der Waals surface area contributed by atoms with E-state index in [9.17, 15) is 0 Å². The molecule has 1 aromatic carbocycles. The fraction of sp³-hybridized carbons (Fsp3) is 0.100. The maximum atomic E-state index is 5.92. The number of nitrogens with two attached hydrogens (primary N) is 1. The zero-order chi connectivity index (χ0) is 10.8. The average Bonchev–Trinajstić information content (AvgIpc) is 2.58. The smallest absolute Gasteiger partial charge is 0.180 e. The van der Waals surface area contributed by atoms with E-state index in [-0.39, 0.29) is 24.8 Å². The highest BCUT2D eigenvalue weighted by molar-refractivity contribution is 7.15. The molecule has 0 fully saturated rings. The highest BCUT2D eigenvalue weighted by Crippen LogP contribution is 2.25. The molecule has 0 atom stereocenters. The Morgan fingerprint density at radius 1 is 1.18 bits per heavy atom. The molecule has 2 nitrogen and oxygen atoms in total. The summed E-state index contributed by atoms with van der Waals surface area (Å²) in [6, 6.07) is 5.60. The predicted octanol–water partition coefficient (Wildman–Crippen LogP) is 4.47. The first kappa shape index (κ1) is 16.8. The van der Waals surface area contributed by atoms with E-state index >= 15 is 0 Å². The van der Waals surface area contributed by atoms with Gasteiger partial charge < -0.3 is 5.73 Å². The van der Waals surface area contributed by atoms with E-state index in [4.69, 9.17) is 28.9 Å². The molecule has 2 aromatic rings. The number of hydrogen-bond acceptors (Lipinski definition) is 3. The van der Waals surface area contributed by atoms with E-state index in [2.05, 4.69) is 4.98 Å². The minimum Gasteiger partial charge on any atom is -0.375 e. The SMILES string of the molecule is Cl.Cl.Nc1ncc(Cc2ccc(Cl)c(Cl)c2)s1. The zero-order valence-corrected chi connectivity index (χ0v) is 12.5. The van der Waals surface area contributed by atoms with Crippen LogP contribution in [0, 0.1) is 0 Å². The molecule has 0 bridgehead atoms. The zero-order valence-electron chi connectivity index (χ0n) is 8.52. The standard InChI is InChI=1S/C10H8Cl2N2S.2ClH/c11-8-2-1-6(4-9(8)12)3-7-5-14-10(13)15-7;;/h1-2,4-5H,3H2,(H2,13,14);2*1H. The Bertz CT molecular complexity index is 487. The van der Waals surface area contributed by atoms with Gasteiger partial charge in [0.05, 0.1) is 10.0 Å². The molecule has 7 heteroatoms. The average molecular weight is 332 g/mol. The molecule has 1 heterocycles. The van der Waals surface area contributed by atoms with Gasteiger partial charge in [-0.25, -0.2) is 4.98 Å². The lowest BCUT2D eigenvalue weighted by atomic mass is 10.1. The Balaban J connectivity index is 0.00000128. The molecule has 0 unspecified atom stereocenters. The lowest BCUT2D eigenvalue weighted by Crippen LogP contribution is -1.84. The van der Waals surface area contributed by atoms with Crippen LogP contribution in [0.15, 0.2) is 24.4 Å². The molecule has 0 aliphatic heterocycles. The molecule has 0 spiro atoms. The van der Waals surface area contributed by atoms with Crippen molar-refractivity contribution in [3.05, 3.63) is 44.9 Å². The molecule has 0 saturated heterocycles. The molecule has 17 heavy (non-hydrogen) atoms. The number of nitrogens with zero attached hydrogens (tertiary/aromatic N) is 1. The summed E-state index contributed by atoms with van der Waals surface area (Å²) >= 11 is 13.2. The van der Waals surface area contributed by atoms with Crippen LogP contribution in [0.4, 0.5) is 5.13 Å². The number of nitrogen functional groups attached to an aromatic ring is 1. The molecule has 94 valence electrons. The quantitative estimate of drug-likeness (QED) is 0.881. The van der Waals surface area contributed by atoms with Gasteiger partial charge in [0.25, 0.3) is 0 Å². The van der Waals surface area contributed by atoms with Gasteiger partial charge in [-0.05, 0) is 17.7 Å². The van der Waals surface area contributed by atoms with Crippen LogP contribution in [-0.4, -0.2) is 4.98 Å². The number of benzene rings is 1. The van der Waals surface area contributed by atoms with Crippen LogP contribution >= 0.6 is 59.4 Å². The monoisotopic (exact) mass is 330 g/mol. The molecule has 0 amide bonds. The molecule has 0 aliphatic rings. The van der Waals surface area contributed by atoms with Crippen LogP contribution in [0.2, 0.25) is 10.0 Å². The second kappa shape index (κ2) is 7.29. The maximum Gasteiger partial charge on any atom is 0.180 e. The van der Waals surface area contributed by atoms with Crippen molar-refractivity contribution < 1.29 is 0 Å². The number of hydrogen-bond donors (Lipinski definition) is 1. The van der Waals surface area contributed by atoms with E-state index < -0.39 is 0 Å². The van der Waals surface area contributed by atoms with E-state index in [1.165, 1.54) is 11.3 Å². The van der Waals surface area contributed by atoms with Crippen LogP contribution < -0.4 is 5.73 Å². The Kier molecular flexibility index (Phi) is 7.21. The fourth-order valence-corrected chi connectivity index (χ4v) is 2.29. The summed E-state index contributed by atoms with van der Waals surface area (Å²) in [5.41, 5.74) is 6.65. The van der Waals surface area contributed by atoms with Crippen molar-refractivity contribution in [2.75, 3.05) is 5.73 Å². The van der Waals surface area contributed by atoms with Gasteiger partial charge in [-0.3, -0.25) is 0 Å². The second-order valence-electron chi connectivity index (χ2n) is 3.09. The molecular formula is C10H10Cl4N2S. The lowest BCUT2D eigenvalue weighted by Gasteiger charge is -2.00. The normalized spacial score (nSPS) is 9.29. The third-order valence-electron chi connectivity index (χ3n) is 1.93. The minimum absolute atomic E-state index is 0. The summed E-state index contributed by atoms with van der Waals surface area (Å²) in [7, 11) is 0. The van der Waals surface area contributed by atoms with Gasteiger partial charge in [0.15, 0.2) is 5.13 Å². The van der Waals surface area contributed by atoms with Crippen LogP contribution in [0.5, 0.6) is 0 Å². The summed E-state index contributed by atoms with van der Waals surface area (Å²) in [4.78, 5) is 5.11. The van der Waals surface area contributed by atoms with E-state index in [1.54, 1.807) is 12.3 Å². The number of anilines is 1. The number of aromatic nitrogens is 1. The van der Waals surface area contributed by atoms with Crippen molar-refractivity contribution in [1.82, 2.24) is 4.98 Å². The van der Waals surface area contributed by atoms with Gasteiger partial charge in [0, 0.05) is 17.5 Å². The molecule has 0 saturated carbocycles. The first-order valence-electron chi connectivity index (χ1n) is 4.29. The third kappa shape index (κ3) is 4.53. The highest BCUT2D eigenvalue weighted by atomic mass is 35.5. The molecule has 0 aliphatic carbocycles. The first-order valence-corrected chi connectivity index (χ1v) is 5.86. The molecule has 2 N–H and O–H groups in total. The van der Waals surface area contributed by atoms with Gasteiger partial charge in [-0.15, -0.1) is 36.2 Å². The fourth-order valence-electron chi connectivity index (χ4n) is 1.26. The topological polar surface area (TPSA) is 38.9 Å². The predicted molar refractivity (Wildman–Crippen MR) is 80.3 cm³/mol.